The predicted molar refractivity (Wildman–Crippen MR) is 92.9 cm³/mol. The van der Waals surface area contributed by atoms with Crippen LogP contribution in [0.1, 0.15) is 5.56 Å². The molecule has 2 aromatic heterocycles. The third-order valence-electron chi connectivity index (χ3n) is 3.99. The van der Waals surface area contributed by atoms with Gasteiger partial charge < -0.3 is 10.3 Å². The van der Waals surface area contributed by atoms with Gasteiger partial charge in [0.1, 0.15) is 5.82 Å². The molecule has 0 bridgehead atoms. The van der Waals surface area contributed by atoms with Gasteiger partial charge in [-0.25, -0.2) is 14.4 Å². The SMILES string of the molecule is Nc1nccc(-c2cn(Cc3ccccc3)c3cc(F)ccc23)n1. The van der Waals surface area contributed by atoms with Crippen LogP contribution in [-0.2, 0) is 6.54 Å². The summed E-state index contributed by atoms with van der Waals surface area (Å²) in [6.07, 6.45) is 3.61. The Balaban J connectivity index is 1.89. The Morgan fingerprint density at radius 2 is 1.88 bits per heavy atom. The lowest BCUT2D eigenvalue weighted by atomic mass is 10.1. The van der Waals surface area contributed by atoms with Gasteiger partial charge in [0, 0.05) is 29.9 Å². The first-order valence-electron chi connectivity index (χ1n) is 7.62. The zero-order valence-electron chi connectivity index (χ0n) is 12.9. The Hall–Kier alpha value is -3.21. The Kier molecular flexibility index (Phi) is 3.46. The van der Waals surface area contributed by atoms with Crippen LogP contribution in [0.3, 0.4) is 0 Å². The molecule has 0 amide bonds. The summed E-state index contributed by atoms with van der Waals surface area (Å²) in [6.45, 7) is 0.654. The molecule has 118 valence electrons. The Morgan fingerprint density at radius 3 is 2.67 bits per heavy atom. The van der Waals surface area contributed by atoms with Crippen LogP contribution in [0.25, 0.3) is 22.2 Å². The first kappa shape index (κ1) is 14.4. The Bertz CT molecular complexity index is 1010. The topological polar surface area (TPSA) is 56.7 Å². The number of nitrogens with zero attached hydrogens (tertiary/aromatic N) is 3. The second kappa shape index (κ2) is 5.77. The van der Waals surface area contributed by atoms with E-state index in [2.05, 4.69) is 9.97 Å². The van der Waals surface area contributed by atoms with Crippen molar-refractivity contribution < 1.29 is 4.39 Å². The lowest BCUT2D eigenvalue weighted by Gasteiger charge is -2.05. The molecule has 0 aliphatic carbocycles. The Labute approximate surface area is 138 Å². The van der Waals surface area contributed by atoms with Crippen LogP contribution in [0.15, 0.2) is 67.0 Å². The van der Waals surface area contributed by atoms with E-state index in [1.165, 1.54) is 6.07 Å². The molecule has 0 aliphatic heterocycles. The molecule has 2 heterocycles. The van der Waals surface area contributed by atoms with E-state index < -0.39 is 0 Å². The fourth-order valence-electron chi connectivity index (χ4n) is 2.90. The van der Waals surface area contributed by atoms with Gasteiger partial charge in [-0.2, -0.15) is 0 Å². The van der Waals surface area contributed by atoms with Gasteiger partial charge >= 0.3 is 0 Å². The zero-order chi connectivity index (χ0) is 16.5. The molecule has 2 aromatic carbocycles. The summed E-state index contributed by atoms with van der Waals surface area (Å²) in [5, 5.41) is 0.936. The highest BCUT2D eigenvalue weighted by Gasteiger charge is 2.13. The van der Waals surface area contributed by atoms with Crippen molar-refractivity contribution in [2.45, 2.75) is 6.54 Å². The highest BCUT2D eigenvalue weighted by molar-refractivity contribution is 5.95. The second-order valence-corrected chi connectivity index (χ2v) is 5.62. The lowest BCUT2D eigenvalue weighted by molar-refractivity contribution is 0.628. The fourth-order valence-corrected chi connectivity index (χ4v) is 2.90. The monoisotopic (exact) mass is 318 g/mol. The third-order valence-corrected chi connectivity index (χ3v) is 3.99. The number of benzene rings is 2. The third kappa shape index (κ3) is 2.60. The molecular formula is C19H15FN4. The summed E-state index contributed by atoms with van der Waals surface area (Å²) in [5.41, 5.74) is 9.32. The minimum Gasteiger partial charge on any atom is -0.368 e. The summed E-state index contributed by atoms with van der Waals surface area (Å²) < 4.78 is 15.8. The molecule has 2 N–H and O–H groups in total. The largest absolute Gasteiger partial charge is 0.368 e. The molecule has 0 atom stereocenters. The van der Waals surface area contributed by atoms with Gasteiger partial charge in [-0.3, -0.25) is 0 Å². The molecule has 4 rings (SSSR count). The normalized spacial score (nSPS) is 11.0. The van der Waals surface area contributed by atoms with Gasteiger partial charge in [0.15, 0.2) is 0 Å². The average molecular weight is 318 g/mol. The minimum absolute atomic E-state index is 0.221. The summed E-state index contributed by atoms with van der Waals surface area (Å²) in [7, 11) is 0. The van der Waals surface area contributed by atoms with Gasteiger partial charge in [-0.05, 0) is 29.8 Å². The Morgan fingerprint density at radius 1 is 1.04 bits per heavy atom. The predicted octanol–water partition coefficient (Wildman–Crippen LogP) is 3.87. The van der Waals surface area contributed by atoms with Crippen molar-refractivity contribution in [3.8, 4) is 11.3 Å². The number of fused-ring (bicyclic) bond motifs is 1. The van der Waals surface area contributed by atoms with Crippen LogP contribution in [0.2, 0.25) is 0 Å². The van der Waals surface area contributed by atoms with Crippen molar-refractivity contribution in [3.63, 3.8) is 0 Å². The van der Waals surface area contributed by atoms with E-state index in [1.54, 1.807) is 24.4 Å². The van der Waals surface area contributed by atoms with Crippen molar-refractivity contribution in [3.05, 3.63) is 78.4 Å². The maximum Gasteiger partial charge on any atom is 0.220 e. The minimum atomic E-state index is -0.260. The van der Waals surface area contributed by atoms with E-state index in [4.69, 9.17) is 5.73 Å². The molecule has 24 heavy (non-hydrogen) atoms. The van der Waals surface area contributed by atoms with Gasteiger partial charge in [-0.15, -0.1) is 0 Å². The van der Waals surface area contributed by atoms with E-state index in [-0.39, 0.29) is 11.8 Å². The maximum absolute atomic E-state index is 13.8. The molecule has 4 aromatic rings. The van der Waals surface area contributed by atoms with E-state index >= 15 is 0 Å². The maximum atomic E-state index is 13.8. The van der Waals surface area contributed by atoms with Crippen LogP contribution < -0.4 is 5.73 Å². The molecule has 0 saturated heterocycles. The number of anilines is 1. The number of nitrogens with two attached hydrogens (primary N) is 1. The second-order valence-electron chi connectivity index (χ2n) is 5.62. The molecule has 4 nitrogen and oxygen atoms in total. The van der Waals surface area contributed by atoms with Gasteiger partial charge in [-0.1, -0.05) is 30.3 Å². The molecule has 0 saturated carbocycles. The van der Waals surface area contributed by atoms with Crippen LogP contribution in [0.4, 0.5) is 10.3 Å². The molecule has 0 unspecified atom stereocenters. The molecule has 5 heteroatoms. The summed E-state index contributed by atoms with van der Waals surface area (Å²) in [4.78, 5) is 8.23. The highest BCUT2D eigenvalue weighted by atomic mass is 19.1. The number of aromatic nitrogens is 3. The number of hydrogen-bond acceptors (Lipinski definition) is 3. The van der Waals surface area contributed by atoms with Crippen LogP contribution in [-0.4, -0.2) is 14.5 Å². The van der Waals surface area contributed by atoms with Crippen molar-refractivity contribution >= 4 is 16.9 Å². The average Bonchev–Trinajstić information content (AvgIpc) is 2.94. The number of halogens is 1. The van der Waals surface area contributed by atoms with Gasteiger partial charge in [0.25, 0.3) is 0 Å². The smallest absolute Gasteiger partial charge is 0.220 e. The van der Waals surface area contributed by atoms with E-state index in [0.717, 1.165) is 27.7 Å². The molecule has 0 radical (unpaired) electrons. The molecule has 0 aliphatic rings. The van der Waals surface area contributed by atoms with Crippen molar-refractivity contribution in [1.29, 1.82) is 0 Å². The van der Waals surface area contributed by atoms with Crippen molar-refractivity contribution in [2.75, 3.05) is 5.73 Å². The highest BCUT2D eigenvalue weighted by Crippen LogP contribution is 2.30. The van der Waals surface area contributed by atoms with E-state index in [9.17, 15) is 4.39 Å². The van der Waals surface area contributed by atoms with Crippen molar-refractivity contribution in [1.82, 2.24) is 14.5 Å². The van der Waals surface area contributed by atoms with E-state index in [1.807, 2.05) is 41.1 Å². The van der Waals surface area contributed by atoms with Crippen LogP contribution >= 0.6 is 0 Å². The van der Waals surface area contributed by atoms with Gasteiger partial charge in [0.05, 0.1) is 11.2 Å². The van der Waals surface area contributed by atoms with E-state index in [0.29, 0.717) is 6.54 Å². The van der Waals surface area contributed by atoms with Gasteiger partial charge in [0.2, 0.25) is 5.95 Å². The van der Waals surface area contributed by atoms with Crippen molar-refractivity contribution in [2.24, 2.45) is 0 Å². The van der Waals surface area contributed by atoms with Crippen LogP contribution in [0.5, 0.6) is 0 Å². The quantitative estimate of drug-likeness (QED) is 0.624. The summed E-state index contributed by atoms with van der Waals surface area (Å²) >= 11 is 0. The summed E-state index contributed by atoms with van der Waals surface area (Å²) in [6, 6.07) is 16.7. The fraction of sp³-hybridized carbons (Fsp3) is 0.0526. The molecule has 0 spiro atoms. The first-order valence-corrected chi connectivity index (χ1v) is 7.62. The number of rotatable bonds is 3. The number of nitrogen functional groups attached to an aromatic ring is 1. The first-order chi connectivity index (χ1) is 11.7. The number of hydrogen-bond donors (Lipinski definition) is 1. The molecule has 0 fully saturated rings. The zero-order valence-corrected chi connectivity index (χ0v) is 12.9. The lowest BCUT2D eigenvalue weighted by Crippen LogP contribution is -1.97. The molecular weight excluding hydrogens is 303 g/mol. The standard InChI is InChI=1S/C19H15FN4/c20-14-6-7-15-16(17-8-9-22-19(21)23-17)12-24(18(15)10-14)11-13-4-2-1-3-5-13/h1-10,12H,11H2,(H2,21,22,23). The van der Waals surface area contributed by atoms with Crippen LogP contribution in [0, 0.1) is 5.82 Å². The summed E-state index contributed by atoms with van der Waals surface area (Å²) in [5.74, 6) is -0.0396.